The molecule has 0 saturated heterocycles. The van der Waals surface area contributed by atoms with E-state index in [0.29, 0.717) is 23.4 Å². The number of rotatable bonds is 5. The van der Waals surface area contributed by atoms with Gasteiger partial charge in [0.2, 0.25) is 0 Å². The van der Waals surface area contributed by atoms with Crippen LogP contribution in [0.2, 0.25) is 0 Å². The Morgan fingerprint density at radius 2 is 1.76 bits per heavy atom. The minimum absolute atomic E-state index is 0.219. The first-order chi connectivity index (χ1) is 14.2. The first kappa shape index (κ1) is 18.4. The van der Waals surface area contributed by atoms with Crippen molar-refractivity contribution < 1.29 is 13.9 Å². The van der Waals surface area contributed by atoms with Crippen LogP contribution in [0.3, 0.4) is 0 Å². The Morgan fingerprint density at radius 3 is 2.62 bits per heavy atom. The van der Waals surface area contributed by atoms with Crippen LogP contribution in [-0.4, -0.2) is 17.1 Å². The lowest BCUT2D eigenvalue weighted by atomic mass is 10.2. The van der Waals surface area contributed by atoms with Crippen LogP contribution in [-0.2, 0) is 11.3 Å². The quantitative estimate of drug-likeness (QED) is 0.494. The highest BCUT2D eigenvalue weighted by atomic mass is 16.5. The summed E-state index contributed by atoms with van der Waals surface area (Å²) in [4.78, 5) is 27.8. The van der Waals surface area contributed by atoms with Gasteiger partial charge < -0.3 is 13.7 Å². The molecule has 0 N–H and O–H groups in total. The van der Waals surface area contributed by atoms with Crippen LogP contribution in [0.1, 0.15) is 5.56 Å². The molecule has 0 aliphatic heterocycles. The average Bonchev–Trinajstić information content (AvgIpc) is 2.74. The number of hydrogen-bond acceptors (Lipinski definition) is 4. The third-order valence-electron chi connectivity index (χ3n) is 4.31. The van der Waals surface area contributed by atoms with Gasteiger partial charge in [0.1, 0.15) is 16.8 Å². The van der Waals surface area contributed by atoms with E-state index in [4.69, 9.17) is 9.15 Å². The fourth-order valence-electron chi connectivity index (χ4n) is 2.92. The van der Waals surface area contributed by atoms with E-state index in [1.165, 1.54) is 6.07 Å². The number of carbonyl (C=O) groups excluding carboxylic acids is 1. The van der Waals surface area contributed by atoms with Gasteiger partial charge in [-0.3, -0.25) is 4.79 Å². The van der Waals surface area contributed by atoms with Gasteiger partial charge in [0, 0.05) is 30.3 Å². The molecule has 0 unspecified atom stereocenters. The number of benzene rings is 2. The van der Waals surface area contributed by atoms with Crippen molar-refractivity contribution in [2.45, 2.75) is 6.54 Å². The molecule has 1 amide bonds. The molecule has 0 bridgehead atoms. The highest BCUT2D eigenvalue weighted by Crippen LogP contribution is 2.19. The molecule has 29 heavy (non-hydrogen) atoms. The van der Waals surface area contributed by atoms with Crippen LogP contribution < -0.4 is 15.9 Å². The largest absolute Gasteiger partial charge is 0.484 e. The summed E-state index contributed by atoms with van der Waals surface area (Å²) in [5.74, 6) is 0.0215. The minimum Gasteiger partial charge on any atom is -0.484 e. The summed E-state index contributed by atoms with van der Waals surface area (Å²) in [7, 11) is 0. The van der Waals surface area contributed by atoms with Crippen molar-refractivity contribution in [3.05, 3.63) is 107 Å². The highest BCUT2D eigenvalue weighted by molar-refractivity contribution is 5.79. The number of carbonyl (C=O) groups is 1. The number of hydrogen-bond donors (Lipinski definition) is 0. The Labute approximate surface area is 166 Å². The van der Waals surface area contributed by atoms with Gasteiger partial charge in [0.25, 0.3) is 5.91 Å². The number of pyridine rings is 1. The van der Waals surface area contributed by atoms with E-state index in [2.05, 4.69) is 4.99 Å². The van der Waals surface area contributed by atoms with Crippen LogP contribution in [0.5, 0.6) is 5.75 Å². The monoisotopic (exact) mass is 386 g/mol. The van der Waals surface area contributed by atoms with Gasteiger partial charge in [-0.2, -0.15) is 4.99 Å². The summed E-state index contributed by atoms with van der Waals surface area (Å²) in [6.45, 7) is 0.390. The van der Waals surface area contributed by atoms with Gasteiger partial charge in [0.15, 0.2) is 6.61 Å². The maximum Gasteiger partial charge on any atom is 0.336 e. The molecule has 0 spiro atoms. The number of aromatic nitrogens is 1. The summed E-state index contributed by atoms with van der Waals surface area (Å²) in [5.41, 5.74) is 1.63. The Morgan fingerprint density at radius 1 is 0.966 bits per heavy atom. The zero-order chi connectivity index (χ0) is 20.1. The Kier molecular flexibility index (Phi) is 5.33. The summed E-state index contributed by atoms with van der Waals surface area (Å²) in [5, 5.41) is 0.777. The SMILES string of the molecule is O=C(COc1ccc2ccc(=O)oc2c1)N=c1ccccn1Cc1ccccc1. The van der Waals surface area contributed by atoms with Crippen LogP contribution in [0.25, 0.3) is 11.0 Å². The molecule has 0 radical (unpaired) electrons. The summed E-state index contributed by atoms with van der Waals surface area (Å²) in [6.07, 6.45) is 1.88. The molecule has 0 atom stereocenters. The average molecular weight is 386 g/mol. The molecule has 2 heterocycles. The molecule has 2 aromatic heterocycles. The second-order valence-electron chi connectivity index (χ2n) is 6.42. The summed E-state index contributed by atoms with van der Waals surface area (Å²) < 4.78 is 12.6. The van der Waals surface area contributed by atoms with Crippen molar-refractivity contribution in [3.8, 4) is 5.75 Å². The normalized spacial score (nSPS) is 11.5. The lowest BCUT2D eigenvalue weighted by molar-refractivity contribution is -0.120. The molecule has 2 aromatic carbocycles. The molecule has 0 aliphatic rings. The van der Waals surface area contributed by atoms with Crippen LogP contribution >= 0.6 is 0 Å². The fourth-order valence-corrected chi connectivity index (χ4v) is 2.92. The molecule has 4 rings (SSSR count). The van der Waals surface area contributed by atoms with Crippen molar-refractivity contribution in [1.29, 1.82) is 0 Å². The third kappa shape index (κ3) is 4.68. The Hall–Kier alpha value is -3.93. The minimum atomic E-state index is -0.437. The van der Waals surface area contributed by atoms with Gasteiger partial charge in [-0.15, -0.1) is 0 Å². The van der Waals surface area contributed by atoms with Gasteiger partial charge in [-0.25, -0.2) is 4.79 Å². The van der Waals surface area contributed by atoms with Gasteiger partial charge >= 0.3 is 5.63 Å². The highest BCUT2D eigenvalue weighted by Gasteiger charge is 2.05. The van der Waals surface area contributed by atoms with Gasteiger partial charge in [-0.05, 0) is 35.9 Å². The topological polar surface area (TPSA) is 73.8 Å². The van der Waals surface area contributed by atoms with Crippen LogP contribution in [0, 0.1) is 0 Å². The number of fused-ring (bicyclic) bond motifs is 1. The van der Waals surface area contributed by atoms with Gasteiger partial charge in [-0.1, -0.05) is 36.4 Å². The number of amides is 1. The van der Waals surface area contributed by atoms with Crippen molar-refractivity contribution in [1.82, 2.24) is 4.57 Å². The second-order valence-corrected chi connectivity index (χ2v) is 6.42. The van der Waals surface area contributed by atoms with Gasteiger partial charge in [0.05, 0.1) is 0 Å². The molecular formula is C23H18N2O4. The third-order valence-corrected chi connectivity index (χ3v) is 4.31. The standard InChI is InChI=1S/C23H18N2O4/c26-22(16-28-19-11-9-18-10-12-23(27)29-20(18)14-19)24-21-8-4-5-13-25(21)15-17-6-2-1-3-7-17/h1-14H,15-16H2. The lowest BCUT2D eigenvalue weighted by Crippen LogP contribution is -2.23. The van der Waals surface area contributed by atoms with Crippen molar-refractivity contribution in [3.63, 3.8) is 0 Å². The van der Waals surface area contributed by atoms with E-state index < -0.39 is 11.5 Å². The Bertz CT molecular complexity index is 1270. The molecular weight excluding hydrogens is 368 g/mol. The van der Waals surface area contributed by atoms with Crippen molar-refractivity contribution >= 4 is 16.9 Å². The smallest absolute Gasteiger partial charge is 0.336 e. The van der Waals surface area contributed by atoms with E-state index in [0.717, 1.165) is 10.9 Å². The van der Waals surface area contributed by atoms with Crippen molar-refractivity contribution in [2.75, 3.05) is 6.61 Å². The Balaban J connectivity index is 1.49. The zero-order valence-corrected chi connectivity index (χ0v) is 15.5. The maximum atomic E-state index is 12.3. The molecule has 0 saturated carbocycles. The molecule has 6 heteroatoms. The fraction of sp³-hybridized carbons (Fsp3) is 0.0870. The number of ether oxygens (including phenoxy) is 1. The van der Waals surface area contributed by atoms with Crippen LogP contribution in [0.4, 0.5) is 0 Å². The first-order valence-electron chi connectivity index (χ1n) is 9.11. The molecule has 0 fully saturated rings. The first-order valence-corrected chi connectivity index (χ1v) is 9.11. The van der Waals surface area contributed by atoms with Crippen molar-refractivity contribution in [2.24, 2.45) is 4.99 Å². The molecule has 4 aromatic rings. The second kappa shape index (κ2) is 8.39. The lowest BCUT2D eigenvalue weighted by Gasteiger charge is -2.08. The predicted octanol–water partition coefficient (Wildman–Crippen LogP) is 3.15. The van der Waals surface area contributed by atoms with E-state index in [1.54, 1.807) is 30.3 Å². The number of nitrogens with zero attached hydrogens (tertiary/aromatic N) is 2. The van der Waals surface area contributed by atoms with E-state index in [-0.39, 0.29) is 6.61 Å². The van der Waals surface area contributed by atoms with E-state index in [9.17, 15) is 9.59 Å². The molecule has 6 nitrogen and oxygen atoms in total. The summed E-state index contributed by atoms with van der Waals surface area (Å²) in [6, 6.07) is 23.6. The molecule has 0 aliphatic carbocycles. The van der Waals surface area contributed by atoms with E-state index >= 15 is 0 Å². The summed E-state index contributed by atoms with van der Waals surface area (Å²) >= 11 is 0. The van der Waals surface area contributed by atoms with E-state index in [1.807, 2.05) is 53.2 Å². The zero-order valence-electron chi connectivity index (χ0n) is 15.5. The molecule has 144 valence electrons. The van der Waals surface area contributed by atoms with Crippen LogP contribution in [0.15, 0.2) is 99.3 Å². The predicted molar refractivity (Wildman–Crippen MR) is 109 cm³/mol. The maximum absolute atomic E-state index is 12.3.